The van der Waals surface area contributed by atoms with Crippen molar-refractivity contribution in [2.45, 2.75) is 37.1 Å². The van der Waals surface area contributed by atoms with Crippen LogP contribution in [0.2, 0.25) is 0 Å². The van der Waals surface area contributed by atoms with E-state index in [4.69, 9.17) is 0 Å². The first-order chi connectivity index (χ1) is 1.91. The van der Waals surface area contributed by atoms with E-state index in [1.165, 1.54) is 0 Å². The summed E-state index contributed by atoms with van der Waals surface area (Å²) in [4.78, 5) is 0. The van der Waals surface area contributed by atoms with E-state index >= 15 is 0 Å². The van der Waals surface area contributed by atoms with E-state index in [-0.39, 0.29) is 37.1 Å². The van der Waals surface area contributed by atoms with E-state index in [0.29, 0.717) is 0 Å². The predicted octanol–water partition coefficient (Wildman–Crippen LogP) is 4.96. The monoisotopic (exact) mass is 266 g/mol. The minimum Gasteiger partial charge on any atom is -0.0919 e. The van der Waals surface area contributed by atoms with Crippen LogP contribution in [0.5, 0.6) is 0 Å². The van der Waals surface area contributed by atoms with E-state index in [2.05, 4.69) is 31.9 Å². The Morgan fingerprint density at radius 2 is 0.667 bits per heavy atom. The SMILES string of the molecule is BrCCBr.C.C.C.C.C. The van der Waals surface area contributed by atoms with Crippen LogP contribution in [0.25, 0.3) is 0 Å². The summed E-state index contributed by atoms with van der Waals surface area (Å²) >= 11 is 6.40. The van der Waals surface area contributed by atoms with Crippen molar-refractivity contribution in [1.29, 1.82) is 0 Å². The first kappa shape index (κ1) is 51.0. The van der Waals surface area contributed by atoms with Gasteiger partial charge in [0.25, 0.3) is 0 Å². The van der Waals surface area contributed by atoms with Crippen molar-refractivity contribution >= 4 is 31.9 Å². The van der Waals surface area contributed by atoms with Crippen LogP contribution in [0.15, 0.2) is 0 Å². The third kappa shape index (κ3) is 113. The molecule has 0 fully saturated rings. The zero-order valence-electron chi connectivity index (χ0n) is 2.17. The van der Waals surface area contributed by atoms with Crippen molar-refractivity contribution < 1.29 is 0 Å². The molecule has 0 aliphatic carbocycles. The van der Waals surface area contributed by atoms with Crippen molar-refractivity contribution in [1.82, 2.24) is 0 Å². The molecule has 0 aromatic carbocycles. The molecule has 0 atom stereocenters. The molecule has 0 saturated carbocycles. The minimum atomic E-state index is 0. The molecule has 0 saturated heterocycles. The van der Waals surface area contributed by atoms with Gasteiger partial charge in [-0.15, -0.1) is 0 Å². The second-order valence-electron chi connectivity index (χ2n) is 0.378. The molecule has 0 unspecified atom stereocenters. The Hall–Kier alpha value is 0.960. The predicted molar refractivity (Wildman–Crippen MR) is 61.2 cm³/mol. The quantitative estimate of drug-likeness (QED) is 0.590. The molecule has 0 nitrogen and oxygen atoms in total. The van der Waals surface area contributed by atoms with Crippen molar-refractivity contribution in [2.75, 3.05) is 10.7 Å². The van der Waals surface area contributed by atoms with E-state index < -0.39 is 0 Å². The van der Waals surface area contributed by atoms with Crippen LogP contribution in [-0.2, 0) is 0 Å². The minimum absolute atomic E-state index is 0. The van der Waals surface area contributed by atoms with Crippen molar-refractivity contribution in [3.8, 4) is 0 Å². The number of halogens is 2. The standard InChI is InChI=1S/C2H4Br2.5CH4/c3-1-2-4;;;;;/h1-2H2;5*1H4. The van der Waals surface area contributed by atoms with Crippen LogP contribution >= 0.6 is 31.9 Å². The van der Waals surface area contributed by atoms with Crippen LogP contribution in [0.4, 0.5) is 0 Å². The highest BCUT2D eigenvalue weighted by molar-refractivity contribution is 9.11. The summed E-state index contributed by atoms with van der Waals surface area (Å²) in [5.74, 6) is 0. The molecule has 0 spiro atoms. The maximum Gasteiger partial charge on any atom is 0.0129 e. The largest absolute Gasteiger partial charge is 0.0919 e. The molecule has 66 valence electrons. The fourth-order valence-electron chi connectivity index (χ4n) is 0. The molecule has 0 rings (SSSR count). The molecular weight excluding hydrogens is 244 g/mol. The smallest absolute Gasteiger partial charge is 0.0129 e. The van der Waals surface area contributed by atoms with Crippen LogP contribution in [-0.4, -0.2) is 10.7 Å². The zero-order valence-corrected chi connectivity index (χ0v) is 5.34. The summed E-state index contributed by atoms with van der Waals surface area (Å²) < 4.78 is 0. The Bertz CT molecular complexity index is 8.88. The van der Waals surface area contributed by atoms with Gasteiger partial charge < -0.3 is 0 Å². The topological polar surface area (TPSA) is 0 Å². The summed E-state index contributed by atoms with van der Waals surface area (Å²) in [6, 6.07) is 0. The van der Waals surface area contributed by atoms with Crippen LogP contribution < -0.4 is 0 Å². The molecule has 9 heavy (non-hydrogen) atoms. The maximum atomic E-state index is 3.20. The average Bonchev–Trinajstić information content (AvgIpc) is 1.37. The van der Waals surface area contributed by atoms with E-state index in [1.807, 2.05) is 0 Å². The lowest BCUT2D eigenvalue weighted by atomic mass is 11.0. The highest BCUT2D eigenvalue weighted by Crippen LogP contribution is 1.82. The second kappa shape index (κ2) is 64.8. The third-order valence-electron chi connectivity index (χ3n) is 0.0714. The number of alkyl halides is 2. The Morgan fingerprint density at radius 3 is 0.667 bits per heavy atom. The van der Waals surface area contributed by atoms with Crippen molar-refractivity contribution in [3.05, 3.63) is 0 Å². The third-order valence-corrected chi connectivity index (χ3v) is 1.93. The van der Waals surface area contributed by atoms with E-state index in [9.17, 15) is 0 Å². The molecule has 0 aliphatic rings. The number of hydrogen-bond acceptors (Lipinski definition) is 0. The van der Waals surface area contributed by atoms with Gasteiger partial charge in [0.15, 0.2) is 0 Å². The van der Waals surface area contributed by atoms with Gasteiger partial charge >= 0.3 is 0 Å². The fraction of sp³-hybridized carbons (Fsp3) is 1.00. The van der Waals surface area contributed by atoms with Gasteiger partial charge in [0.05, 0.1) is 0 Å². The van der Waals surface area contributed by atoms with Gasteiger partial charge in [-0.25, -0.2) is 0 Å². The average molecular weight is 268 g/mol. The van der Waals surface area contributed by atoms with Gasteiger partial charge in [0.2, 0.25) is 0 Å². The van der Waals surface area contributed by atoms with Gasteiger partial charge in [-0.3, -0.25) is 0 Å². The molecule has 0 radical (unpaired) electrons. The summed E-state index contributed by atoms with van der Waals surface area (Å²) in [5, 5.41) is 2.10. The Labute approximate surface area is 79.7 Å². The number of rotatable bonds is 1. The lowest BCUT2D eigenvalue weighted by Crippen LogP contribution is -1.61. The van der Waals surface area contributed by atoms with E-state index in [1.54, 1.807) is 0 Å². The first-order valence-electron chi connectivity index (χ1n) is 1.03. The van der Waals surface area contributed by atoms with Gasteiger partial charge in [-0.1, -0.05) is 69.0 Å². The molecule has 0 aromatic rings. The summed E-state index contributed by atoms with van der Waals surface area (Å²) in [6.45, 7) is 0. The summed E-state index contributed by atoms with van der Waals surface area (Å²) in [6.07, 6.45) is 0. The lowest BCUT2D eigenvalue weighted by Gasteiger charge is -1.63. The van der Waals surface area contributed by atoms with Gasteiger partial charge in [0, 0.05) is 10.7 Å². The van der Waals surface area contributed by atoms with Crippen LogP contribution in [0, 0.1) is 0 Å². The fourth-order valence-corrected chi connectivity index (χ4v) is 0. The number of hydrogen-bond donors (Lipinski definition) is 0. The molecule has 0 aromatic heterocycles. The van der Waals surface area contributed by atoms with Crippen LogP contribution in [0.1, 0.15) is 37.1 Å². The highest BCUT2D eigenvalue weighted by Gasteiger charge is 1.60. The summed E-state index contributed by atoms with van der Waals surface area (Å²) in [7, 11) is 0. The summed E-state index contributed by atoms with van der Waals surface area (Å²) in [5.41, 5.74) is 0. The van der Waals surface area contributed by atoms with Gasteiger partial charge in [-0.2, -0.15) is 0 Å². The molecule has 0 amide bonds. The van der Waals surface area contributed by atoms with Gasteiger partial charge in [-0.05, 0) is 0 Å². The van der Waals surface area contributed by atoms with E-state index in [0.717, 1.165) is 10.7 Å². The molecule has 2 heteroatoms. The Morgan fingerprint density at radius 1 is 0.556 bits per heavy atom. The molecule has 0 heterocycles. The maximum absolute atomic E-state index is 3.20. The zero-order chi connectivity index (χ0) is 3.41. The molecule has 0 N–H and O–H groups in total. The van der Waals surface area contributed by atoms with Crippen molar-refractivity contribution in [2.24, 2.45) is 0 Å². The molecule has 0 aliphatic heterocycles. The Balaban J connectivity index is -0.00000000450. The Kier molecular flexibility index (Phi) is 367. The highest BCUT2D eigenvalue weighted by atomic mass is 79.9. The normalized spacial score (nSPS) is 3.33. The van der Waals surface area contributed by atoms with Crippen LogP contribution in [0.3, 0.4) is 0 Å². The first-order valence-corrected chi connectivity index (χ1v) is 3.28. The molecular formula is C7H24Br2. The second-order valence-corrected chi connectivity index (χ2v) is 1.96. The molecule has 0 bridgehead atoms. The van der Waals surface area contributed by atoms with Crippen molar-refractivity contribution in [3.63, 3.8) is 0 Å². The lowest BCUT2D eigenvalue weighted by molar-refractivity contribution is 1.62. The van der Waals surface area contributed by atoms with Gasteiger partial charge in [0.1, 0.15) is 0 Å².